The number of rotatable bonds is 2. The minimum Gasteiger partial charge on any atom is -0.618 e. The Morgan fingerprint density at radius 2 is 1.42 bits per heavy atom. The van der Waals surface area contributed by atoms with Crippen molar-refractivity contribution in [3.63, 3.8) is 0 Å². The van der Waals surface area contributed by atoms with Crippen LogP contribution in [0.3, 0.4) is 0 Å². The van der Waals surface area contributed by atoms with E-state index in [1.807, 2.05) is 72.8 Å². The lowest BCUT2D eigenvalue weighted by Gasteiger charge is -2.04. The van der Waals surface area contributed by atoms with Gasteiger partial charge in [0.2, 0.25) is 5.69 Å². The number of benzene rings is 3. The SMILES string of the molecule is [O-]/[N+](=C/c1ccccc1)c1ccc2ccccc2c1. The molecule has 0 saturated carbocycles. The van der Waals surface area contributed by atoms with Crippen LogP contribution in [0.1, 0.15) is 5.56 Å². The first kappa shape index (κ1) is 11.5. The number of hydrogen-bond acceptors (Lipinski definition) is 1. The fraction of sp³-hybridized carbons (Fsp3) is 0. The monoisotopic (exact) mass is 247 g/mol. The maximum absolute atomic E-state index is 12.1. The molecule has 3 aromatic carbocycles. The first-order valence-electron chi connectivity index (χ1n) is 6.18. The van der Waals surface area contributed by atoms with E-state index >= 15 is 0 Å². The molecule has 0 aliphatic rings. The summed E-state index contributed by atoms with van der Waals surface area (Å²) in [4.78, 5) is 0. The molecule has 0 spiro atoms. The number of nitrogens with zero attached hydrogens (tertiary/aromatic N) is 1. The molecule has 0 N–H and O–H groups in total. The highest BCUT2D eigenvalue weighted by Gasteiger charge is 2.03. The summed E-state index contributed by atoms with van der Waals surface area (Å²) in [6, 6.07) is 23.3. The molecular formula is C17H13NO. The molecule has 0 amide bonds. The average Bonchev–Trinajstić information content (AvgIpc) is 2.48. The Labute approximate surface area is 111 Å². The number of fused-ring (bicyclic) bond motifs is 1. The predicted octanol–water partition coefficient (Wildman–Crippen LogP) is 4.10. The minimum absolute atomic E-state index is 0.641. The summed E-state index contributed by atoms with van der Waals surface area (Å²) in [7, 11) is 0. The maximum Gasteiger partial charge on any atom is 0.217 e. The standard InChI is InChI=1S/C17H13NO/c19-18(13-14-6-2-1-3-7-14)17-11-10-15-8-4-5-9-16(15)12-17/h1-13H/b18-13+. The molecule has 0 aliphatic carbocycles. The van der Waals surface area contributed by atoms with Crippen molar-refractivity contribution < 1.29 is 4.74 Å². The van der Waals surface area contributed by atoms with Gasteiger partial charge < -0.3 is 5.21 Å². The molecule has 2 nitrogen and oxygen atoms in total. The molecule has 0 bridgehead atoms. The normalized spacial score (nSPS) is 11.7. The highest BCUT2D eigenvalue weighted by atomic mass is 16.5. The topological polar surface area (TPSA) is 26.1 Å². The minimum atomic E-state index is 0.641. The van der Waals surface area contributed by atoms with Gasteiger partial charge >= 0.3 is 0 Å². The van der Waals surface area contributed by atoms with E-state index in [4.69, 9.17) is 0 Å². The molecule has 0 unspecified atom stereocenters. The first-order chi connectivity index (χ1) is 9.33. The summed E-state index contributed by atoms with van der Waals surface area (Å²) in [5, 5.41) is 14.3. The van der Waals surface area contributed by atoms with Crippen LogP contribution in [0.5, 0.6) is 0 Å². The van der Waals surface area contributed by atoms with Gasteiger partial charge in [-0.2, -0.15) is 4.74 Å². The molecule has 0 heterocycles. The lowest BCUT2D eigenvalue weighted by atomic mass is 10.1. The second-order valence-electron chi connectivity index (χ2n) is 4.40. The summed E-state index contributed by atoms with van der Waals surface area (Å²) in [6.45, 7) is 0. The molecule has 0 atom stereocenters. The van der Waals surface area contributed by atoms with Gasteiger partial charge in [0.25, 0.3) is 0 Å². The van der Waals surface area contributed by atoms with Gasteiger partial charge in [-0.3, -0.25) is 0 Å². The fourth-order valence-electron chi connectivity index (χ4n) is 2.06. The Morgan fingerprint density at radius 3 is 2.21 bits per heavy atom. The van der Waals surface area contributed by atoms with E-state index in [1.54, 1.807) is 6.21 Å². The van der Waals surface area contributed by atoms with Crippen molar-refractivity contribution in [2.45, 2.75) is 0 Å². The van der Waals surface area contributed by atoms with Gasteiger partial charge in [-0.25, -0.2) is 0 Å². The first-order valence-corrected chi connectivity index (χ1v) is 6.18. The Kier molecular flexibility index (Phi) is 2.99. The van der Waals surface area contributed by atoms with Gasteiger partial charge in [0.05, 0.1) is 0 Å². The third-order valence-electron chi connectivity index (χ3n) is 3.05. The van der Waals surface area contributed by atoms with Crippen molar-refractivity contribution in [3.8, 4) is 0 Å². The fourth-order valence-corrected chi connectivity index (χ4v) is 2.06. The molecular weight excluding hydrogens is 234 g/mol. The van der Waals surface area contributed by atoms with Crippen LogP contribution in [0.2, 0.25) is 0 Å². The van der Waals surface area contributed by atoms with Crippen LogP contribution in [0.25, 0.3) is 10.8 Å². The van der Waals surface area contributed by atoms with Gasteiger partial charge in [-0.15, -0.1) is 0 Å². The smallest absolute Gasteiger partial charge is 0.217 e. The molecule has 0 fully saturated rings. The van der Waals surface area contributed by atoms with E-state index in [1.165, 1.54) is 0 Å². The summed E-state index contributed by atoms with van der Waals surface area (Å²) in [5.74, 6) is 0. The average molecular weight is 247 g/mol. The van der Waals surface area contributed by atoms with Crippen LogP contribution in [-0.2, 0) is 0 Å². The van der Waals surface area contributed by atoms with E-state index in [-0.39, 0.29) is 0 Å². The zero-order valence-corrected chi connectivity index (χ0v) is 10.4. The molecule has 92 valence electrons. The molecule has 0 radical (unpaired) electrons. The Morgan fingerprint density at radius 1 is 0.737 bits per heavy atom. The van der Waals surface area contributed by atoms with Crippen LogP contribution in [0.15, 0.2) is 72.8 Å². The zero-order valence-electron chi connectivity index (χ0n) is 10.4. The molecule has 19 heavy (non-hydrogen) atoms. The van der Waals surface area contributed by atoms with E-state index in [0.717, 1.165) is 21.1 Å². The zero-order chi connectivity index (χ0) is 13.1. The van der Waals surface area contributed by atoms with Crippen molar-refractivity contribution in [2.75, 3.05) is 0 Å². The summed E-state index contributed by atoms with van der Waals surface area (Å²) >= 11 is 0. The quantitative estimate of drug-likeness (QED) is 0.290. The summed E-state index contributed by atoms with van der Waals surface area (Å²) in [6.07, 6.45) is 1.59. The lowest BCUT2D eigenvalue weighted by Crippen LogP contribution is -1.98. The second-order valence-corrected chi connectivity index (χ2v) is 4.40. The van der Waals surface area contributed by atoms with E-state index in [0.29, 0.717) is 5.69 Å². The Hall–Kier alpha value is -2.61. The Bertz CT molecular complexity index is 732. The molecule has 3 rings (SSSR count). The van der Waals surface area contributed by atoms with Gasteiger partial charge in [0.1, 0.15) is 0 Å². The van der Waals surface area contributed by atoms with Gasteiger partial charge in [0.15, 0.2) is 6.21 Å². The van der Waals surface area contributed by atoms with Crippen LogP contribution in [0, 0.1) is 5.21 Å². The van der Waals surface area contributed by atoms with Crippen molar-refractivity contribution in [2.24, 2.45) is 0 Å². The largest absolute Gasteiger partial charge is 0.618 e. The molecule has 0 saturated heterocycles. The van der Waals surface area contributed by atoms with Gasteiger partial charge in [-0.1, -0.05) is 42.5 Å². The van der Waals surface area contributed by atoms with Gasteiger partial charge in [-0.05, 0) is 29.0 Å². The van der Waals surface area contributed by atoms with Crippen LogP contribution >= 0.6 is 0 Å². The molecule has 0 aromatic heterocycles. The van der Waals surface area contributed by atoms with E-state index in [9.17, 15) is 5.21 Å². The van der Waals surface area contributed by atoms with E-state index in [2.05, 4.69) is 0 Å². The van der Waals surface area contributed by atoms with Crippen molar-refractivity contribution in [3.05, 3.63) is 83.6 Å². The Balaban J connectivity index is 2.02. The van der Waals surface area contributed by atoms with Crippen LogP contribution in [-0.4, -0.2) is 11.0 Å². The maximum atomic E-state index is 12.1. The number of hydrogen-bond donors (Lipinski definition) is 0. The van der Waals surface area contributed by atoms with Crippen molar-refractivity contribution in [1.29, 1.82) is 0 Å². The highest BCUT2D eigenvalue weighted by molar-refractivity contribution is 5.85. The van der Waals surface area contributed by atoms with E-state index < -0.39 is 0 Å². The summed E-state index contributed by atoms with van der Waals surface area (Å²) in [5.41, 5.74) is 1.54. The van der Waals surface area contributed by atoms with Crippen molar-refractivity contribution >= 4 is 22.7 Å². The highest BCUT2D eigenvalue weighted by Crippen LogP contribution is 2.20. The molecule has 0 aliphatic heterocycles. The third kappa shape index (κ3) is 2.47. The van der Waals surface area contributed by atoms with Crippen LogP contribution in [0.4, 0.5) is 5.69 Å². The van der Waals surface area contributed by atoms with Gasteiger partial charge in [0, 0.05) is 17.7 Å². The lowest BCUT2D eigenvalue weighted by molar-refractivity contribution is -0.354. The van der Waals surface area contributed by atoms with Crippen LogP contribution < -0.4 is 0 Å². The molecule has 3 aromatic rings. The second kappa shape index (κ2) is 4.94. The third-order valence-corrected chi connectivity index (χ3v) is 3.05. The summed E-state index contributed by atoms with van der Waals surface area (Å²) < 4.78 is 0.905. The van der Waals surface area contributed by atoms with Crippen molar-refractivity contribution in [1.82, 2.24) is 0 Å². The predicted molar refractivity (Wildman–Crippen MR) is 78.8 cm³/mol. The molecule has 2 heteroatoms.